The van der Waals surface area contributed by atoms with Crippen molar-refractivity contribution in [1.29, 1.82) is 0 Å². The fourth-order valence-electron chi connectivity index (χ4n) is 2.67. The van der Waals surface area contributed by atoms with Crippen LogP contribution in [0, 0.1) is 13.8 Å². The predicted octanol–water partition coefficient (Wildman–Crippen LogP) is 3.64. The number of anilines is 1. The van der Waals surface area contributed by atoms with Crippen LogP contribution in [0.1, 0.15) is 32.7 Å². The summed E-state index contributed by atoms with van der Waals surface area (Å²) in [6.07, 6.45) is 1.40. The molecule has 0 radical (unpaired) electrons. The van der Waals surface area contributed by atoms with E-state index in [0.29, 0.717) is 24.6 Å². The average Bonchev–Trinajstić information content (AvgIpc) is 2.66. The van der Waals surface area contributed by atoms with Crippen molar-refractivity contribution >= 4 is 11.7 Å². The van der Waals surface area contributed by atoms with E-state index in [2.05, 4.69) is 45.7 Å². The summed E-state index contributed by atoms with van der Waals surface area (Å²) in [4.78, 5) is 20.6. The molecule has 0 aliphatic rings. The van der Waals surface area contributed by atoms with Crippen LogP contribution in [0.15, 0.2) is 60.9 Å². The zero-order valence-corrected chi connectivity index (χ0v) is 15.0. The molecule has 0 saturated carbocycles. The van der Waals surface area contributed by atoms with Gasteiger partial charge in [0.05, 0.1) is 0 Å². The first-order chi connectivity index (χ1) is 12.6. The Morgan fingerprint density at radius 3 is 2.62 bits per heavy atom. The lowest BCUT2D eigenvalue weighted by Gasteiger charge is -2.09. The van der Waals surface area contributed by atoms with Gasteiger partial charge in [0.15, 0.2) is 0 Å². The summed E-state index contributed by atoms with van der Waals surface area (Å²) in [5.74, 6) is 0.414. The molecule has 5 heteroatoms. The molecule has 0 aliphatic heterocycles. The Labute approximate surface area is 153 Å². The van der Waals surface area contributed by atoms with Gasteiger partial charge >= 0.3 is 0 Å². The number of nitrogens with one attached hydrogen (secondary N) is 2. The molecule has 5 nitrogen and oxygen atoms in total. The SMILES string of the molecule is Cc1cccc(CNc2cc(C(=O)NCc3ccccc3C)ncn2)c1. The Balaban J connectivity index is 1.61. The third-order valence-corrected chi connectivity index (χ3v) is 4.16. The lowest BCUT2D eigenvalue weighted by molar-refractivity contribution is 0.0945. The van der Waals surface area contributed by atoms with Gasteiger partial charge < -0.3 is 10.6 Å². The van der Waals surface area contributed by atoms with Gasteiger partial charge in [-0.2, -0.15) is 0 Å². The van der Waals surface area contributed by atoms with Crippen LogP contribution in [0.4, 0.5) is 5.82 Å². The highest BCUT2D eigenvalue weighted by molar-refractivity contribution is 5.92. The maximum Gasteiger partial charge on any atom is 0.270 e. The number of aromatic nitrogens is 2. The molecule has 26 heavy (non-hydrogen) atoms. The van der Waals surface area contributed by atoms with Gasteiger partial charge in [0.2, 0.25) is 0 Å². The zero-order valence-electron chi connectivity index (χ0n) is 15.0. The number of amides is 1. The fourth-order valence-corrected chi connectivity index (χ4v) is 2.67. The lowest BCUT2D eigenvalue weighted by atomic mass is 10.1. The van der Waals surface area contributed by atoms with Gasteiger partial charge in [-0.15, -0.1) is 0 Å². The third kappa shape index (κ3) is 4.66. The Hall–Kier alpha value is -3.21. The van der Waals surface area contributed by atoms with Crippen molar-refractivity contribution < 1.29 is 4.79 Å². The average molecular weight is 346 g/mol. The lowest BCUT2D eigenvalue weighted by Crippen LogP contribution is -2.24. The summed E-state index contributed by atoms with van der Waals surface area (Å²) in [6.45, 7) is 5.20. The van der Waals surface area contributed by atoms with E-state index in [1.54, 1.807) is 6.07 Å². The highest BCUT2D eigenvalue weighted by atomic mass is 16.1. The van der Waals surface area contributed by atoms with Crippen LogP contribution in [0.3, 0.4) is 0 Å². The molecule has 0 bridgehead atoms. The molecule has 0 fully saturated rings. The van der Waals surface area contributed by atoms with Gasteiger partial charge in [-0.05, 0) is 30.5 Å². The number of aryl methyl sites for hydroxylation is 2. The van der Waals surface area contributed by atoms with Gasteiger partial charge in [0.1, 0.15) is 17.8 Å². The zero-order chi connectivity index (χ0) is 18.4. The Bertz CT molecular complexity index is 908. The van der Waals surface area contributed by atoms with Gasteiger partial charge in [0.25, 0.3) is 5.91 Å². The van der Waals surface area contributed by atoms with Crippen LogP contribution >= 0.6 is 0 Å². The summed E-state index contributed by atoms with van der Waals surface area (Å²) >= 11 is 0. The second kappa shape index (κ2) is 8.25. The first kappa shape index (κ1) is 17.6. The fraction of sp³-hybridized carbons (Fsp3) is 0.190. The van der Waals surface area contributed by atoms with Crippen molar-refractivity contribution in [1.82, 2.24) is 15.3 Å². The molecule has 2 aromatic carbocycles. The summed E-state index contributed by atoms with van der Waals surface area (Å²) in [6, 6.07) is 17.9. The number of rotatable bonds is 6. The minimum Gasteiger partial charge on any atom is -0.366 e. The van der Waals surface area contributed by atoms with Crippen LogP contribution < -0.4 is 10.6 Å². The van der Waals surface area contributed by atoms with Crippen molar-refractivity contribution in [2.45, 2.75) is 26.9 Å². The van der Waals surface area contributed by atoms with E-state index >= 15 is 0 Å². The van der Waals surface area contributed by atoms with Gasteiger partial charge in [-0.1, -0.05) is 54.1 Å². The van der Waals surface area contributed by atoms with Crippen molar-refractivity contribution in [2.24, 2.45) is 0 Å². The quantitative estimate of drug-likeness (QED) is 0.715. The first-order valence-corrected chi connectivity index (χ1v) is 8.56. The van der Waals surface area contributed by atoms with Crippen LogP contribution in [-0.4, -0.2) is 15.9 Å². The van der Waals surface area contributed by atoms with E-state index in [9.17, 15) is 4.79 Å². The normalized spacial score (nSPS) is 10.4. The number of hydrogen-bond donors (Lipinski definition) is 2. The molecule has 2 N–H and O–H groups in total. The molecule has 1 heterocycles. The largest absolute Gasteiger partial charge is 0.366 e. The van der Waals surface area contributed by atoms with E-state index in [0.717, 1.165) is 16.7 Å². The summed E-state index contributed by atoms with van der Waals surface area (Å²) in [7, 11) is 0. The Morgan fingerprint density at radius 1 is 0.962 bits per heavy atom. The molecule has 0 saturated heterocycles. The van der Waals surface area contributed by atoms with Gasteiger partial charge in [-0.25, -0.2) is 9.97 Å². The van der Waals surface area contributed by atoms with Crippen LogP contribution in [0.2, 0.25) is 0 Å². The molecule has 1 aromatic heterocycles. The molecular formula is C21H22N4O. The Morgan fingerprint density at radius 2 is 1.81 bits per heavy atom. The molecule has 0 aliphatic carbocycles. The molecule has 0 atom stereocenters. The van der Waals surface area contributed by atoms with Crippen molar-refractivity contribution in [2.75, 3.05) is 5.32 Å². The number of carbonyl (C=O) groups excluding carboxylic acids is 1. The predicted molar refractivity (Wildman–Crippen MR) is 103 cm³/mol. The van der Waals surface area contributed by atoms with E-state index in [1.165, 1.54) is 11.9 Å². The second-order valence-corrected chi connectivity index (χ2v) is 6.24. The van der Waals surface area contributed by atoms with Crippen LogP contribution in [0.5, 0.6) is 0 Å². The van der Waals surface area contributed by atoms with Gasteiger partial charge in [-0.3, -0.25) is 4.79 Å². The summed E-state index contributed by atoms with van der Waals surface area (Å²) in [5, 5.41) is 6.14. The number of benzene rings is 2. The molecule has 0 spiro atoms. The number of nitrogens with zero attached hydrogens (tertiary/aromatic N) is 2. The summed E-state index contributed by atoms with van der Waals surface area (Å²) in [5.41, 5.74) is 4.96. The third-order valence-electron chi connectivity index (χ3n) is 4.16. The van der Waals surface area contributed by atoms with Gasteiger partial charge in [0, 0.05) is 19.2 Å². The highest BCUT2D eigenvalue weighted by Gasteiger charge is 2.09. The minimum atomic E-state index is -0.214. The van der Waals surface area contributed by atoms with Crippen LogP contribution in [0.25, 0.3) is 0 Å². The van der Waals surface area contributed by atoms with E-state index in [4.69, 9.17) is 0 Å². The molecule has 1 amide bonds. The summed E-state index contributed by atoms with van der Waals surface area (Å²) < 4.78 is 0. The topological polar surface area (TPSA) is 66.9 Å². The maximum absolute atomic E-state index is 12.4. The molecule has 3 aromatic rings. The van der Waals surface area contributed by atoms with E-state index < -0.39 is 0 Å². The van der Waals surface area contributed by atoms with Crippen molar-refractivity contribution in [3.8, 4) is 0 Å². The molecule has 132 valence electrons. The Kier molecular flexibility index (Phi) is 5.59. The number of hydrogen-bond acceptors (Lipinski definition) is 4. The van der Waals surface area contributed by atoms with Crippen LogP contribution in [-0.2, 0) is 13.1 Å². The molecular weight excluding hydrogens is 324 g/mol. The monoisotopic (exact) mass is 346 g/mol. The van der Waals surface area contributed by atoms with Crippen molar-refractivity contribution in [3.63, 3.8) is 0 Å². The standard InChI is InChI=1S/C21H22N4O/c1-15-6-5-8-17(10-15)12-22-20-11-19(24-14-25-20)21(26)23-13-18-9-4-3-7-16(18)2/h3-11,14H,12-13H2,1-2H3,(H,23,26)(H,22,24,25). The minimum absolute atomic E-state index is 0.214. The molecule has 3 rings (SSSR count). The number of carbonyl (C=O) groups is 1. The highest BCUT2D eigenvalue weighted by Crippen LogP contribution is 2.10. The first-order valence-electron chi connectivity index (χ1n) is 8.56. The second-order valence-electron chi connectivity index (χ2n) is 6.24. The maximum atomic E-state index is 12.4. The van der Waals surface area contributed by atoms with E-state index in [-0.39, 0.29) is 5.91 Å². The smallest absolute Gasteiger partial charge is 0.270 e. The molecule has 0 unspecified atom stereocenters. The van der Waals surface area contributed by atoms with E-state index in [1.807, 2.05) is 37.3 Å². The van der Waals surface area contributed by atoms with Crippen molar-refractivity contribution in [3.05, 3.63) is 88.9 Å².